The third-order valence-corrected chi connectivity index (χ3v) is 5.95. The smallest absolute Gasteiger partial charge is 0.0463 e. The largest absolute Gasteiger partial charge is 0.398 e. The molecule has 2 rings (SSSR count). The van der Waals surface area contributed by atoms with Crippen LogP contribution in [-0.4, -0.2) is 0 Å². The van der Waals surface area contributed by atoms with Crippen molar-refractivity contribution in [1.82, 2.24) is 0 Å². The molecule has 4 N–H and O–H groups in total. The predicted octanol–water partition coefficient (Wildman–Crippen LogP) is 4.88. The van der Waals surface area contributed by atoms with Crippen LogP contribution >= 0.6 is 21.6 Å². The predicted molar refractivity (Wildman–Crippen MR) is 92.4 cm³/mol. The van der Waals surface area contributed by atoms with Gasteiger partial charge in [0.05, 0.1) is 0 Å². The number of nitrogen functional groups attached to an aromatic ring is 2. The van der Waals surface area contributed by atoms with Crippen molar-refractivity contribution in [3.8, 4) is 0 Å². The van der Waals surface area contributed by atoms with Crippen molar-refractivity contribution in [3.05, 3.63) is 46.5 Å². The van der Waals surface area contributed by atoms with Gasteiger partial charge in [0.2, 0.25) is 0 Å². The molecule has 0 spiro atoms. The van der Waals surface area contributed by atoms with Crippen LogP contribution < -0.4 is 11.5 Å². The van der Waals surface area contributed by atoms with Crippen LogP contribution in [0.1, 0.15) is 22.3 Å². The first kappa shape index (κ1) is 15.1. The summed E-state index contributed by atoms with van der Waals surface area (Å²) in [6, 6.07) is 8.34. The second kappa shape index (κ2) is 6.02. The quantitative estimate of drug-likeness (QED) is 0.626. The van der Waals surface area contributed by atoms with Crippen molar-refractivity contribution in [1.29, 1.82) is 0 Å². The fourth-order valence-electron chi connectivity index (χ4n) is 1.86. The summed E-state index contributed by atoms with van der Waals surface area (Å²) in [5.74, 6) is 0. The van der Waals surface area contributed by atoms with Gasteiger partial charge in [-0.15, -0.1) is 0 Å². The van der Waals surface area contributed by atoms with E-state index in [1.807, 2.05) is 12.1 Å². The third kappa shape index (κ3) is 3.25. The molecule has 2 aromatic carbocycles. The van der Waals surface area contributed by atoms with E-state index in [0.717, 1.165) is 21.2 Å². The topological polar surface area (TPSA) is 52.0 Å². The van der Waals surface area contributed by atoms with Crippen molar-refractivity contribution in [2.24, 2.45) is 0 Å². The third-order valence-electron chi connectivity index (χ3n) is 3.47. The average molecular weight is 304 g/mol. The van der Waals surface area contributed by atoms with Crippen LogP contribution in [0.2, 0.25) is 0 Å². The average Bonchev–Trinajstić information content (AvgIpc) is 2.37. The molecular formula is C16H20N2S2. The van der Waals surface area contributed by atoms with E-state index in [2.05, 4.69) is 39.8 Å². The lowest BCUT2D eigenvalue weighted by Gasteiger charge is -2.11. The number of hydrogen-bond acceptors (Lipinski definition) is 4. The van der Waals surface area contributed by atoms with Crippen LogP contribution in [0.5, 0.6) is 0 Å². The van der Waals surface area contributed by atoms with Crippen molar-refractivity contribution in [2.75, 3.05) is 11.5 Å². The summed E-state index contributed by atoms with van der Waals surface area (Å²) < 4.78 is 0. The maximum Gasteiger partial charge on any atom is 0.0463 e. The Morgan fingerprint density at radius 1 is 0.600 bits per heavy atom. The van der Waals surface area contributed by atoms with Gasteiger partial charge in [-0.1, -0.05) is 21.6 Å². The van der Waals surface area contributed by atoms with E-state index in [1.54, 1.807) is 21.6 Å². The molecule has 0 radical (unpaired) electrons. The number of hydrogen-bond donors (Lipinski definition) is 2. The van der Waals surface area contributed by atoms with Gasteiger partial charge in [-0.25, -0.2) is 0 Å². The van der Waals surface area contributed by atoms with Gasteiger partial charge < -0.3 is 11.5 Å². The van der Waals surface area contributed by atoms with Gasteiger partial charge >= 0.3 is 0 Å². The summed E-state index contributed by atoms with van der Waals surface area (Å²) in [5, 5.41) is 0. The lowest BCUT2D eigenvalue weighted by Crippen LogP contribution is -1.93. The minimum atomic E-state index is 0.827. The number of rotatable bonds is 3. The maximum atomic E-state index is 6.08. The minimum absolute atomic E-state index is 0.827. The standard InChI is InChI=1S/C16H20N2S2/c1-9-5-13(17)15(7-11(9)3)19-20-16-8-12(4)10(2)6-14(16)18/h5-8H,17-18H2,1-4H3. The number of benzene rings is 2. The maximum absolute atomic E-state index is 6.08. The second-order valence-electron chi connectivity index (χ2n) is 5.12. The Morgan fingerprint density at radius 3 is 1.25 bits per heavy atom. The molecule has 0 bridgehead atoms. The van der Waals surface area contributed by atoms with Crippen LogP contribution in [0.15, 0.2) is 34.1 Å². The zero-order valence-electron chi connectivity index (χ0n) is 12.3. The Balaban J connectivity index is 2.21. The molecule has 2 nitrogen and oxygen atoms in total. The van der Waals surface area contributed by atoms with Gasteiger partial charge in [0.25, 0.3) is 0 Å². The van der Waals surface area contributed by atoms with Crippen molar-refractivity contribution >= 4 is 33.0 Å². The van der Waals surface area contributed by atoms with E-state index in [4.69, 9.17) is 11.5 Å². The zero-order chi connectivity index (χ0) is 14.9. The number of aryl methyl sites for hydroxylation is 4. The molecule has 0 aliphatic heterocycles. The first-order chi connectivity index (χ1) is 9.38. The molecule has 0 saturated carbocycles. The molecule has 20 heavy (non-hydrogen) atoms. The van der Waals surface area contributed by atoms with Gasteiger partial charge in [0.15, 0.2) is 0 Å². The van der Waals surface area contributed by atoms with Gasteiger partial charge in [-0.3, -0.25) is 0 Å². The molecular weight excluding hydrogens is 284 g/mol. The summed E-state index contributed by atoms with van der Waals surface area (Å²) in [6.07, 6.45) is 0. The molecule has 0 aliphatic carbocycles. The lowest BCUT2D eigenvalue weighted by molar-refractivity contribution is 1.28. The van der Waals surface area contributed by atoms with Gasteiger partial charge in [0.1, 0.15) is 0 Å². The van der Waals surface area contributed by atoms with E-state index < -0.39 is 0 Å². The summed E-state index contributed by atoms with van der Waals surface area (Å²) in [4.78, 5) is 2.19. The van der Waals surface area contributed by atoms with Crippen LogP contribution in [0.4, 0.5) is 11.4 Å². The Labute approximate surface area is 128 Å². The highest BCUT2D eigenvalue weighted by atomic mass is 33.1. The van der Waals surface area contributed by atoms with E-state index in [9.17, 15) is 0 Å². The van der Waals surface area contributed by atoms with E-state index in [1.165, 1.54) is 22.3 Å². The van der Waals surface area contributed by atoms with Crippen LogP contribution in [0.3, 0.4) is 0 Å². The summed E-state index contributed by atoms with van der Waals surface area (Å²) in [7, 11) is 3.33. The van der Waals surface area contributed by atoms with E-state index in [0.29, 0.717) is 0 Å². The molecule has 0 aliphatic rings. The SMILES string of the molecule is Cc1cc(N)c(SSc2cc(C)c(C)cc2N)cc1C. The molecule has 0 aromatic heterocycles. The Bertz CT molecular complexity index is 594. The molecule has 0 saturated heterocycles. The molecule has 2 aromatic rings. The van der Waals surface area contributed by atoms with Gasteiger partial charge in [-0.2, -0.15) is 0 Å². The lowest BCUT2D eigenvalue weighted by atomic mass is 10.1. The highest BCUT2D eigenvalue weighted by molar-refractivity contribution is 8.76. The fourth-order valence-corrected chi connectivity index (χ4v) is 4.20. The van der Waals surface area contributed by atoms with E-state index >= 15 is 0 Å². The van der Waals surface area contributed by atoms with Crippen LogP contribution in [0, 0.1) is 27.7 Å². The van der Waals surface area contributed by atoms with Crippen LogP contribution in [0.25, 0.3) is 0 Å². The van der Waals surface area contributed by atoms with Crippen molar-refractivity contribution < 1.29 is 0 Å². The Morgan fingerprint density at radius 2 is 0.900 bits per heavy atom. The molecule has 0 heterocycles. The molecule has 106 valence electrons. The highest BCUT2D eigenvalue weighted by Gasteiger charge is 2.08. The highest BCUT2D eigenvalue weighted by Crippen LogP contribution is 2.43. The molecule has 4 heteroatoms. The first-order valence-corrected chi connectivity index (χ1v) is 8.61. The summed E-state index contributed by atoms with van der Waals surface area (Å²) in [5.41, 5.74) is 18.8. The Kier molecular flexibility index (Phi) is 4.55. The summed E-state index contributed by atoms with van der Waals surface area (Å²) in [6.45, 7) is 8.37. The molecule has 0 fully saturated rings. The summed E-state index contributed by atoms with van der Waals surface area (Å²) >= 11 is 0. The number of anilines is 2. The molecule has 0 unspecified atom stereocenters. The number of nitrogens with two attached hydrogens (primary N) is 2. The second-order valence-corrected chi connectivity index (χ2v) is 7.33. The van der Waals surface area contributed by atoms with Crippen LogP contribution in [-0.2, 0) is 0 Å². The monoisotopic (exact) mass is 304 g/mol. The normalized spacial score (nSPS) is 10.8. The van der Waals surface area contributed by atoms with E-state index in [-0.39, 0.29) is 0 Å². The van der Waals surface area contributed by atoms with Gasteiger partial charge in [0, 0.05) is 21.2 Å². The minimum Gasteiger partial charge on any atom is -0.398 e. The fraction of sp³-hybridized carbons (Fsp3) is 0.250. The molecule has 0 atom stereocenters. The molecule has 0 amide bonds. The van der Waals surface area contributed by atoms with Crippen molar-refractivity contribution in [2.45, 2.75) is 37.5 Å². The van der Waals surface area contributed by atoms with Gasteiger partial charge in [-0.05, 0) is 74.2 Å². The first-order valence-electron chi connectivity index (χ1n) is 6.46. The van der Waals surface area contributed by atoms with Crippen molar-refractivity contribution in [3.63, 3.8) is 0 Å². The Hall–Kier alpha value is -1.26. The zero-order valence-corrected chi connectivity index (χ0v) is 13.9.